The van der Waals surface area contributed by atoms with Crippen LogP contribution in [0.25, 0.3) is 0 Å². The predicted molar refractivity (Wildman–Crippen MR) is 73.0 cm³/mol. The molecule has 0 amide bonds. The second kappa shape index (κ2) is 5.10. The molecule has 98 valence electrons. The van der Waals surface area contributed by atoms with Gasteiger partial charge >= 0.3 is 0 Å². The number of anilines is 2. The second-order valence-corrected chi connectivity index (χ2v) is 5.12. The topological polar surface area (TPSA) is 44.3 Å². The molecule has 0 radical (unpaired) electrons. The first-order valence-electron chi connectivity index (χ1n) is 6.86. The third-order valence-corrected chi connectivity index (χ3v) is 4.01. The fourth-order valence-corrected chi connectivity index (χ4v) is 3.00. The maximum absolute atomic E-state index is 4.52. The fraction of sp³-hybridized carbons (Fsp3) is 0.692. The van der Waals surface area contributed by atoms with E-state index in [1.165, 1.54) is 32.4 Å². The van der Waals surface area contributed by atoms with Gasteiger partial charge in [-0.15, -0.1) is 0 Å². The molecule has 1 aromatic heterocycles. The van der Waals surface area contributed by atoms with Crippen LogP contribution in [0.15, 0.2) is 12.3 Å². The summed E-state index contributed by atoms with van der Waals surface area (Å²) in [6, 6.07) is 2.73. The molecule has 3 rings (SSSR count). The molecule has 0 saturated carbocycles. The molecule has 1 unspecified atom stereocenters. The third kappa shape index (κ3) is 2.27. The summed E-state index contributed by atoms with van der Waals surface area (Å²) >= 11 is 0. The van der Waals surface area contributed by atoms with E-state index in [0.717, 1.165) is 24.9 Å². The van der Waals surface area contributed by atoms with Crippen LogP contribution in [-0.4, -0.2) is 54.1 Å². The first-order valence-corrected chi connectivity index (χ1v) is 6.86. The molecular formula is C13H21N5. The largest absolute Gasteiger partial charge is 0.357 e. The highest BCUT2D eigenvalue weighted by Crippen LogP contribution is 2.24. The Morgan fingerprint density at radius 1 is 1.28 bits per heavy atom. The number of rotatable bonds is 3. The molecule has 5 heteroatoms. The molecule has 0 aliphatic carbocycles. The number of likely N-dealkylation sites (tertiary alicyclic amines) is 1. The molecule has 2 aliphatic rings. The molecule has 1 N–H and O–H groups in total. The Bertz CT molecular complexity index is 402. The lowest BCUT2D eigenvalue weighted by molar-refractivity contribution is 0.260. The summed E-state index contributed by atoms with van der Waals surface area (Å²) in [5.41, 5.74) is 0. The summed E-state index contributed by atoms with van der Waals surface area (Å²) in [7, 11) is 1.86. The molecule has 2 saturated heterocycles. The summed E-state index contributed by atoms with van der Waals surface area (Å²) < 4.78 is 0. The van der Waals surface area contributed by atoms with E-state index in [1.54, 1.807) is 0 Å². The van der Waals surface area contributed by atoms with Crippen LogP contribution >= 0.6 is 0 Å². The van der Waals surface area contributed by atoms with Gasteiger partial charge in [0, 0.05) is 32.4 Å². The number of hydrogen-bond acceptors (Lipinski definition) is 5. The Labute approximate surface area is 108 Å². The van der Waals surface area contributed by atoms with Gasteiger partial charge in [0.15, 0.2) is 0 Å². The number of hydrogen-bond donors (Lipinski definition) is 1. The summed E-state index contributed by atoms with van der Waals surface area (Å²) in [5.74, 6) is 1.76. The van der Waals surface area contributed by atoms with Crippen molar-refractivity contribution >= 4 is 11.8 Å². The first kappa shape index (κ1) is 11.7. The molecule has 0 spiro atoms. The van der Waals surface area contributed by atoms with E-state index in [1.807, 2.05) is 19.3 Å². The lowest BCUT2D eigenvalue weighted by Gasteiger charge is -2.24. The van der Waals surface area contributed by atoms with Crippen molar-refractivity contribution in [2.24, 2.45) is 0 Å². The second-order valence-electron chi connectivity index (χ2n) is 5.12. The Hall–Kier alpha value is -1.36. The van der Waals surface area contributed by atoms with Crippen molar-refractivity contribution in [2.75, 3.05) is 43.4 Å². The van der Waals surface area contributed by atoms with Crippen molar-refractivity contribution in [3.05, 3.63) is 12.3 Å². The molecule has 1 aromatic rings. The van der Waals surface area contributed by atoms with Crippen LogP contribution < -0.4 is 10.2 Å². The van der Waals surface area contributed by atoms with E-state index in [9.17, 15) is 0 Å². The SMILES string of the molecule is CNc1nccc(N2CCC(N3CCCC3)C2)n1. The highest BCUT2D eigenvalue weighted by molar-refractivity contribution is 5.43. The van der Waals surface area contributed by atoms with Gasteiger partial charge in [0.2, 0.25) is 5.95 Å². The zero-order valence-corrected chi connectivity index (χ0v) is 11.0. The highest BCUT2D eigenvalue weighted by Gasteiger charge is 2.29. The molecule has 3 heterocycles. The maximum atomic E-state index is 4.52. The molecule has 18 heavy (non-hydrogen) atoms. The van der Waals surface area contributed by atoms with Crippen molar-refractivity contribution < 1.29 is 0 Å². The van der Waals surface area contributed by atoms with Gasteiger partial charge in [-0.3, -0.25) is 4.90 Å². The van der Waals surface area contributed by atoms with Gasteiger partial charge in [0.1, 0.15) is 5.82 Å². The van der Waals surface area contributed by atoms with Crippen LogP contribution in [0.3, 0.4) is 0 Å². The van der Waals surface area contributed by atoms with Crippen LogP contribution in [0.2, 0.25) is 0 Å². The Balaban J connectivity index is 1.67. The lowest BCUT2D eigenvalue weighted by Crippen LogP contribution is -2.35. The van der Waals surface area contributed by atoms with Gasteiger partial charge in [0.05, 0.1) is 0 Å². The van der Waals surface area contributed by atoms with Crippen LogP contribution in [0.1, 0.15) is 19.3 Å². The Morgan fingerprint density at radius 3 is 2.89 bits per heavy atom. The van der Waals surface area contributed by atoms with E-state index in [2.05, 4.69) is 25.1 Å². The first-order chi connectivity index (χ1) is 8.86. The smallest absolute Gasteiger partial charge is 0.224 e. The standard InChI is InChI=1S/C13H21N5/c1-14-13-15-6-4-12(16-13)18-9-5-11(10-18)17-7-2-3-8-17/h4,6,11H,2-3,5,7-10H2,1H3,(H,14,15,16). The molecule has 2 fully saturated rings. The van der Waals surface area contributed by atoms with Crippen molar-refractivity contribution in [1.82, 2.24) is 14.9 Å². The van der Waals surface area contributed by atoms with E-state index in [0.29, 0.717) is 5.95 Å². The lowest BCUT2D eigenvalue weighted by atomic mass is 10.2. The average Bonchev–Trinajstić information content (AvgIpc) is 3.09. The molecule has 2 aliphatic heterocycles. The summed E-state index contributed by atoms with van der Waals surface area (Å²) in [6.45, 7) is 4.79. The minimum absolute atomic E-state index is 0.706. The van der Waals surface area contributed by atoms with Crippen LogP contribution in [0, 0.1) is 0 Å². The number of nitrogens with zero attached hydrogens (tertiary/aromatic N) is 4. The van der Waals surface area contributed by atoms with Gasteiger partial charge in [-0.2, -0.15) is 4.98 Å². The van der Waals surface area contributed by atoms with Crippen molar-refractivity contribution in [3.8, 4) is 0 Å². The van der Waals surface area contributed by atoms with Crippen LogP contribution in [-0.2, 0) is 0 Å². The minimum Gasteiger partial charge on any atom is -0.357 e. The van der Waals surface area contributed by atoms with E-state index < -0.39 is 0 Å². The zero-order chi connectivity index (χ0) is 12.4. The maximum Gasteiger partial charge on any atom is 0.224 e. The van der Waals surface area contributed by atoms with Crippen molar-refractivity contribution in [1.29, 1.82) is 0 Å². The van der Waals surface area contributed by atoms with Gasteiger partial charge in [-0.25, -0.2) is 4.98 Å². The van der Waals surface area contributed by atoms with Crippen molar-refractivity contribution in [2.45, 2.75) is 25.3 Å². The zero-order valence-electron chi connectivity index (χ0n) is 11.0. The third-order valence-electron chi connectivity index (χ3n) is 4.01. The minimum atomic E-state index is 0.706. The number of nitrogens with one attached hydrogen (secondary N) is 1. The Kier molecular flexibility index (Phi) is 3.32. The van der Waals surface area contributed by atoms with Gasteiger partial charge in [0.25, 0.3) is 0 Å². The quantitative estimate of drug-likeness (QED) is 0.869. The Morgan fingerprint density at radius 2 is 2.11 bits per heavy atom. The molecular weight excluding hydrogens is 226 g/mol. The van der Waals surface area contributed by atoms with Gasteiger partial charge < -0.3 is 10.2 Å². The van der Waals surface area contributed by atoms with Gasteiger partial charge in [-0.1, -0.05) is 0 Å². The van der Waals surface area contributed by atoms with Crippen LogP contribution in [0.5, 0.6) is 0 Å². The van der Waals surface area contributed by atoms with E-state index in [-0.39, 0.29) is 0 Å². The normalized spacial score (nSPS) is 24.7. The molecule has 1 atom stereocenters. The van der Waals surface area contributed by atoms with E-state index in [4.69, 9.17) is 0 Å². The predicted octanol–water partition coefficient (Wildman–Crippen LogP) is 1.19. The molecule has 0 aromatic carbocycles. The highest BCUT2D eigenvalue weighted by atomic mass is 15.3. The summed E-state index contributed by atoms with van der Waals surface area (Å²) in [5, 5.41) is 3.00. The fourth-order valence-electron chi connectivity index (χ4n) is 3.00. The molecule has 5 nitrogen and oxygen atoms in total. The monoisotopic (exact) mass is 247 g/mol. The molecule has 0 bridgehead atoms. The van der Waals surface area contributed by atoms with E-state index >= 15 is 0 Å². The average molecular weight is 247 g/mol. The van der Waals surface area contributed by atoms with Crippen molar-refractivity contribution in [3.63, 3.8) is 0 Å². The van der Waals surface area contributed by atoms with Crippen LogP contribution in [0.4, 0.5) is 11.8 Å². The number of aromatic nitrogens is 2. The summed E-state index contributed by atoms with van der Waals surface area (Å²) in [6.07, 6.45) is 5.83. The summed E-state index contributed by atoms with van der Waals surface area (Å²) in [4.78, 5) is 13.7. The van der Waals surface area contributed by atoms with Gasteiger partial charge in [-0.05, 0) is 38.4 Å².